The molecule has 0 atom stereocenters. The zero-order valence-corrected chi connectivity index (χ0v) is 14.5. The van der Waals surface area contributed by atoms with Crippen LogP contribution >= 0.6 is 0 Å². The Morgan fingerprint density at radius 1 is 1.28 bits per heavy atom. The molecule has 4 nitrogen and oxygen atoms in total. The number of aromatic nitrogens is 1. The molecular weight excluding hydrogens is 312 g/mol. The third kappa shape index (κ3) is 4.54. The minimum absolute atomic E-state index is 0.211. The number of nitrogens with zero attached hydrogens (tertiary/aromatic N) is 2. The highest BCUT2D eigenvalue weighted by Gasteiger charge is 2.22. The number of benzene rings is 1. The van der Waals surface area contributed by atoms with Gasteiger partial charge in [-0.2, -0.15) is 0 Å². The number of rotatable bonds is 7. The lowest BCUT2D eigenvalue weighted by atomic mass is 9.97. The van der Waals surface area contributed by atoms with Gasteiger partial charge in [-0.1, -0.05) is 36.4 Å². The van der Waals surface area contributed by atoms with E-state index in [0.29, 0.717) is 26.2 Å². The highest BCUT2D eigenvalue weighted by atomic mass is 16.5. The molecule has 1 amide bonds. The van der Waals surface area contributed by atoms with Crippen molar-refractivity contribution in [2.45, 2.75) is 32.4 Å². The maximum absolute atomic E-state index is 12.5. The van der Waals surface area contributed by atoms with Gasteiger partial charge in [-0.3, -0.25) is 9.78 Å². The van der Waals surface area contributed by atoms with E-state index in [-0.39, 0.29) is 5.91 Å². The first-order chi connectivity index (χ1) is 12.3. The molecule has 0 saturated carbocycles. The van der Waals surface area contributed by atoms with Crippen LogP contribution in [-0.4, -0.2) is 28.9 Å². The van der Waals surface area contributed by atoms with Crippen LogP contribution in [0.3, 0.4) is 0 Å². The molecule has 0 fully saturated rings. The summed E-state index contributed by atoms with van der Waals surface area (Å²) in [7, 11) is 0. The zero-order valence-electron chi connectivity index (χ0n) is 14.5. The molecule has 0 saturated heterocycles. The van der Waals surface area contributed by atoms with Crippen LogP contribution < -0.4 is 0 Å². The van der Waals surface area contributed by atoms with Crippen LogP contribution in [0.4, 0.5) is 0 Å². The molecule has 1 aromatic heterocycles. The standard InChI is InChI=1S/C21H24N2O2/c1-2-12-25-16-19-14-22-13-18-15-23(11-10-20(18)19)21(24)9-8-17-6-4-3-5-7-17/h2-7,13-14H,1,8-12,15-16H2. The van der Waals surface area contributed by atoms with E-state index in [1.165, 1.54) is 11.1 Å². The maximum Gasteiger partial charge on any atom is 0.223 e. The highest BCUT2D eigenvalue weighted by Crippen LogP contribution is 2.23. The average Bonchev–Trinajstić information content (AvgIpc) is 2.67. The Balaban J connectivity index is 1.60. The average molecular weight is 336 g/mol. The van der Waals surface area contributed by atoms with Gasteiger partial charge in [0.25, 0.3) is 0 Å². The molecule has 3 rings (SSSR count). The second-order valence-electron chi connectivity index (χ2n) is 6.29. The maximum atomic E-state index is 12.5. The van der Waals surface area contributed by atoms with Gasteiger partial charge in [0.15, 0.2) is 0 Å². The van der Waals surface area contributed by atoms with Gasteiger partial charge in [-0.25, -0.2) is 0 Å². The summed E-state index contributed by atoms with van der Waals surface area (Å²) in [6.07, 6.45) is 7.70. The molecule has 1 aromatic carbocycles. The van der Waals surface area contributed by atoms with Gasteiger partial charge in [0, 0.05) is 31.9 Å². The first-order valence-electron chi connectivity index (χ1n) is 8.73. The van der Waals surface area contributed by atoms with Crippen LogP contribution in [0, 0.1) is 0 Å². The summed E-state index contributed by atoms with van der Waals surface area (Å²) >= 11 is 0. The Morgan fingerprint density at radius 2 is 2.12 bits per heavy atom. The van der Waals surface area contributed by atoms with Crippen molar-refractivity contribution in [3.63, 3.8) is 0 Å². The van der Waals surface area contributed by atoms with Crippen molar-refractivity contribution >= 4 is 5.91 Å². The van der Waals surface area contributed by atoms with Gasteiger partial charge >= 0.3 is 0 Å². The lowest BCUT2D eigenvalue weighted by molar-refractivity contribution is -0.132. The number of ether oxygens (including phenoxy) is 1. The van der Waals surface area contributed by atoms with Gasteiger partial charge in [0.2, 0.25) is 5.91 Å². The van der Waals surface area contributed by atoms with E-state index in [1.807, 2.05) is 35.5 Å². The summed E-state index contributed by atoms with van der Waals surface area (Å²) in [5.41, 5.74) is 4.75. The number of hydrogen-bond donors (Lipinski definition) is 0. The summed E-state index contributed by atoms with van der Waals surface area (Å²) in [4.78, 5) is 18.8. The van der Waals surface area contributed by atoms with E-state index >= 15 is 0 Å². The van der Waals surface area contributed by atoms with Crippen molar-refractivity contribution in [3.05, 3.63) is 77.6 Å². The Morgan fingerprint density at radius 3 is 2.92 bits per heavy atom. The molecule has 2 aromatic rings. The lowest BCUT2D eigenvalue weighted by Gasteiger charge is -2.30. The quantitative estimate of drug-likeness (QED) is 0.575. The second kappa shape index (κ2) is 8.58. The predicted molar refractivity (Wildman–Crippen MR) is 98.0 cm³/mol. The van der Waals surface area contributed by atoms with Gasteiger partial charge in [0.1, 0.15) is 0 Å². The minimum Gasteiger partial charge on any atom is -0.373 e. The van der Waals surface area contributed by atoms with E-state index in [0.717, 1.165) is 30.5 Å². The minimum atomic E-state index is 0.211. The van der Waals surface area contributed by atoms with Crippen molar-refractivity contribution in [2.75, 3.05) is 13.2 Å². The molecule has 0 N–H and O–H groups in total. The molecule has 0 bridgehead atoms. The molecule has 0 radical (unpaired) electrons. The van der Waals surface area contributed by atoms with Gasteiger partial charge in [-0.15, -0.1) is 6.58 Å². The van der Waals surface area contributed by atoms with Gasteiger partial charge < -0.3 is 9.64 Å². The van der Waals surface area contributed by atoms with E-state index in [4.69, 9.17) is 4.74 Å². The van der Waals surface area contributed by atoms with Crippen LogP contribution in [0.2, 0.25) is 0 Å². The van der Waals surface area contributed by atoms with E-state index in [2.05, 4.69) is 23.7 Å². The highest BCUT2D eigenvalue weighted by molar-refractivity contribution is 5.76. The van der Waals surface area contributed by atoms with Crippen LogP contribution in [0.5, 0.6) is 0 Å². The summed E-state index contributed by atoms with van der Waals surface area (Å²) in [6, 6.07) is 10.2. The number of carbonyl (C=O) groups excluding carboxylic acids is 1. The SMILES string of the molecule is C=CCOCc1cncc2c1CCN(C(=O)CCc1ccccc1)C2. The molecule has 4 heteroatoms. The Labute approximate surface area is 149 Å². The molecule has 2 heterocycles. The van der Waals surface area contributed by atoms with Crippen LogP contribution in [-0.2, 0) is 35.5 Å². The monoisotopic (exact) mass is 336 g/mol. The van der Waals surface area contributed by atoms with E-state index < -0.39 is 0 Å². The fourth-order valence-electron chi connectivity index (χ4n) is 3.21. The van der Waals surface area contributed by atoms with E-state index in [9.17, 15) is 4.79 Å². The largest absolute Gasteiger partial charge is 0.373 e. The molecule has 0 unspecified atom stereocenters. The summed E-state index contributed by atoms with van der Waals surface area (Å²) < 4.78 is 5.56. The normalized spacial score (nSPS) is 13.4. The zero-order chi connectivity index (χ0) is 17.5. The molecule has 25 heavy (non-hydrogen) atoms. The third-order valence-corrected chi connectivity index (χ3v) is 4.55. The molecule has 0 aliphatic carbocycles. The van der Waals surface area contributed by atoms with Crippen molar-refractivity contribution in [1.29, 1.82) is 0 Å². The topological polar surface area (TPSA) is 42.4 Å². The number of carbonyl (C=O) groups is 1. The first-order valence-corrected chi connectivity index (χ1v) is 8.73. The number of pyridine rings is 1. The third-order valence-electron chi connectivity index (χ3n) is 4.55. The summed E-state index contributed by atoms with van der Waals surface area (Å²) in [5.74, 6) is 0.211. The van der Waals surface area contributed by atoms with Gasteiger partial charge in [-0.05, 0) is 35.1 Å². The Kier molecular flexibility index (Phi) is 5.96. The van der Waals surface area contributed by atoms with Crippen LogP contribution in [0.15, 0.2) is 55.4 Å². The Hall–Kier alpha value is -2.46. The van der Waals surface area contributed by atoms with Gasteiger partial charge in [0.05, 0.1) is 13.2 Å². The first kappa shape index (κ1) is 17.4. The Bertz CT molecular complexity index is 728. The number of amides is 1. The van der Waals surface area contributed by atoms with Crippen molar-refractivity contribution < 1.29 is 9.53 Å². The summed E-state index contributed by atoms with van der Waals surface area (Å²) in [6.45, 7) is 6.15. The number of hydrogen-bond acceptors (Lipinski definition) is 3. The molecular formula is C21H24N2O2. The number of aryl methyl sites for hydroxylation is 1. The molecule has 1 aliphatic rings. The fraction of sp³-hybridized carbons (Fsp3) is 0.333. The predicted octanol–water partition coefficient (Wildman–Crippen LogP) is 3.30. The lowest BCUT2D eigenvalue weighted by Crippen LogP contribution is -2.36. The van der Waals surface area contributed by atoms with E-state index in [1.54, 1.807) is 6.08 Å². The molecule has 1 aliphatic heterocycles. The van der Waals surface area contributed by atoms with Crippen LogP contribution in [0.25, 0.3) is 0 Å². The summed E-state index contributed by atoms with van der Waals surface area (Å²) in [5, 5.41) is 0. The van der Waals surface area contributed by atoms with Crippen molar-refractivity contribution in [1.82, 2.24) is 9.88 Å². The fourth-order valence-corrected chi connectivity index (χ4v) is 3.21. The molecule has 0 spiro atoms. The van der Waals surface area contributed by atoms with Crippen molar-refractivity contribution in [2.24, 2.45) is 0 Å². The van der Waals surface area contributed by atoms with Crippen LogP contribution in [0.1, 0.15) is 28.7 Å². The van der Waals surface area contributed by atoms with Crippen molar-refractivity contribution in [3.8, 4) is 0 Å². The molecule has 130 valence electrons. The smallest absolute Gasteiger partial charge is 0.223 e. The second-order valence-corrected chi connectivity index (χ2v) is 6.29. The number of fused-ring (bicyclic) bond motifs is 1.